The van der Waals surface area contributed by atoms with E-state index in [1.165, 1.54) is 12.1 Å². The molecule has 2 unspecified atom stereocenters. The number of esters is 1. The highest BCUT2D eigenvalue weighted by atomic mass is 19.4. The summed E-state index contributed by atoms with van der Waals surface area (Å²) in [4.78, 5) is 35.7. The molecule has 2 aromatic carbocycles. The van der Waals surface area contributed by atoms with Crippen LogP contribution >= 0.6 is 0 Å². The Balaban J connectivity index is 0.000000356. The number of nitrogens with one attached hydrogen (secondary N) is 1. The Kier molecular flexibility index (Phi) is 13.6. The summed E-state index contributed by atoms with van der Waals surface area (Å²) in [6.45, 7) is 10.0. The van der Waals surface area contributed by atoms with Gasteiger partial charge >= 0.3 is 12.1 Å². The van der Waals surface area contributed by atoms with Gasteiger partial charge in [-0.3, -0.25) is 9.59 Å². The summed E-state index contributed by atoms with van der Waals surface area (Å²) < 4.78 is 47.5. The van der Waals surface area contributed by atoms with Crippen molar-refractivity contribution in [3.05, 3.63) is 59.7 Å². The number of alkyl halides is 3. The summed E-state index contributed by atoms with van der Waals surface area (Å²) in [7, 11) is 1.00. The molecule has 8 nitrogen and oxygen atoms in total. The third-order valence-electron chi connectivity index (χ3n) is 6.26. The number of nitrogens with zero attached hydrogens (tertiary/aromatic N) is 1. The van der Waals surface area contributed by atoms with Crippen molar-refractivity contribution in [1.29, 1.82) is 0 Å². The zero-order chi connectivity index (χ0) is 30.5. The largest absolute Gasteiger partial charge is 0.464 e. The van der Waals surface area contributed by atoms with Crippen molar-refractivity contribution < 1.29 is 42.1 Å². The lowest BCUT2D eigenvalue weighted by Gasteiger charge is -2.25. The number of carbonyl (C=O) groups excluding carboxylic acids is 3. The van der Waals surface area contributed by atoms with Gasteiger partial charge in [-0.15, -0.1) is 0 Å². The number of aliphatic hydroxyl groups is 1. The molecule has 0 bridgehead atoms. The van der Waals surface area contributed by atoms with Crippen LogP contribution in [0.15, 0.2) is 48.5 Å². The monoisotopic (exact) mass is 568 g/mol. The summed E-state index contributed by atoms with van der Waals surface area (Å²) >= 11 is 0. The number of rotatable bonds is 7. The second-order valence-electron chi connectivity index (χ2n) is 9.08. The number of aryl methyl sites for hydroxylation is 1. The summed E-state index contributed by atoms with van der Waals surface area (Å²) in [6, 6.07) is 11.5. The van der Waals surface area contributed by atoms with Gasteiger partial charge in [-0.2, -0.15) is 13.2 Å². The number of likely N-dealkylation sites (tertiary alicyclic amines) is 1. The smallest absolute Gasteiger partial charge is 0.416 e. The van der Waals surface area contributed by atoms with Gasteiger partial charge in [0.2, 0.25) is 12.3 Å². The van der Waals surface area contributed by atoms with E-state index in [1.54, 1.807) is 24.0 Å². The number of carbonyl (C=O) groups is 3. The first kappa shape index (κ1) is 34.4. The number of halogens is 3. The SMILES string of the molecule is CC.CCOC(=O)C1C[C@]2(C)CC2N1C(=O)CNC=O.CO.Cc1ccc(Oc2ccc(C(F)(F)F)cc2)cc1. The quantitative estimate of drug-likeness (QED) is 0.355. The van der Waals surface area contributed by atoms with Crippen LogP contribution in [-0.4, -0.2) is 60.6 Å². The minimum atomic E-state index is -4.32. The van der Waals surface area contributed by atoms with Gasteiger partial charge in [-0.1, -0.05) is 38.5 Å². The normalized spacial score (nSPS) is 20.1. The van der Waals surface area contributed by atoms with Crippen LogP contribution < -0.4 is 10.1 Å². The minimum absolute atomic E-state index is 0.0499. The number of hydrogen-bond acceptors (Lipinski definition) is 6. The molecule has 1 saturated carbocycles. The first-order valence-corrected chi connectivity index (χ1v) is 13.0. The number of benzene rings is 2. The van der Waals surface area contributed by atoms with Crippen molar-refractivity contribution >= 4 is 18.3 Å². The molecule has 222 valence electrons. The maximum atomic E-state index is 12.4. The molecule has 40 heavy (non-hydrogen) atoms. The number of piperidine rings is 1. The van der Waals surface area contributed by atoms with Crippen molar-refractivity contribution in [2.75, 3.05) is 20.3 Å². The third kappa shape index (κ3) is 9.55. The highest BCUT2D eigenvalue weighted by Gasteiger charge is 2.64. The molecular formula is C29H39F3N2O6. The standard InChI is InChI=1S/C14H11F3O.C12H18N2O4.C2H6.CH4O/c1-10-2-6-12(7-3-10)18-13-8-4-11(5-9-13)14(15,16)17;1-3-18-11(17)8-4-12(2)5-9(12)14(8)10(16)6-13-7-15;2*1-2/h2-9H,1H3;7-9H,3-6H2,1-2H3,(H,13,15);1-2H3;2H,1H3/t;8?,9?,12-;;/m.1../s1. The molecule has 2 aromatic rings. The summed E-state index contributed by atoms with van der Waals surface area (Å²) in [5.74, 6) is 0.420. The highest BCUT2D eigenvalue weighted by molar-refractivity contribution is 5.88. The Morgan fingerprint density at radius 2 is 1.57 bits per heavy atom. The molecule has 0 aromatic heterocycles. The van der Waals surface area contributed by atoms with Crippen LogP contribution in [0, 0.1) is 12.3 Å². The van der Waals surface area contributed by atoms with Crippen LogP contribution in [0.1, 0.15) is 51.7 Å². The summed E-state index contributed by atoms with van der Waals surface area (Å²) in [5.41, 5.74) is 0.461. The Morgan fingerprint density at radius 3 is 2.05 bits per heavy atom. The van der Waals surface area contributed by atoms with E-state index in [0.29, 0.717) is 30.9 Å². The van der Waals surface area contributed by atoms with Gasteiger partial charge in [-0.05, 0) is 68.5 Å². The van der Waals surface area contributed by atoms with Crippen molar-refractivity contribution in [2.24, 2.45) is 5.41 Å². The average molecular weight is 569 g/mol. The Morgan fingerprint density at radius 1 is 1.05 bits per heavy atom. The zero-order valence-corrected chi connectivity index (χ0v) is 23.7. The Bertz CT molecular complexity index is 1080. The number of hydrogen-bond donors (Lipinski definition) is 2. The van der Waals surface area contributed by atoms with E-state index in [0.717, 1.165) is 31.2 Å². The molecular weight excluding hydrogens is 529 g/mol. The maximum Gasteiger partial charge on any atom is 0.416 e. The topological polar surface area (TPSA) is 105 Å². The molecule has 2 fully saturated rings. The molecule has 2 aliphatic rings. The van der Waals surface area contributed by atoms with Crippen molar-refractivity contribution in [2.45, 2.75) is 65.7 Å². The van der Waals surface area contributed by atoms with E-state index >= 15 is 0 Å². The fourth-order valence-electron chi connectivity index (χ4n) is 4.25. The second kappa shape index (κ2) is 15.9. The zero-order valence-electron chi connectivity index (χ0n) is 23.7. The van der Waals surface area contributed by atoms with Gasteiger partial charge in [-0.25, -0.2) is 4.79 Å². The van der Waals surface area contributed by atoms with Crippen molar-refractivity contribution in [3.63, 3.8) is 0 Å². The van der Waals surface area contributed by atoms with E-state index in [-0.39, 0.29) is 29.9 Å². The lowest BCUT2D eigenvalue weighted by atomic mass is 10.0. The number of amides is 2. The Hall–Kier alpha value is -3.60. The minimum Gasteiger partial charge on any atom is -0.464 e. The fourth-order valence-corrected chi connectivity index (χ4v) is 4.25. The fraction of sp³-hybridized carbons (Fsp3) is 0.483. The second-order valence-corrected chi connectivity index (χ2v) is 9.08. The first-order valence-electron chi connectivity index (χ1n) is 13.0. The van der Waals surface area contributed by atoms with E-state index < -0.39 is 17.8 Å². The van der Waals surface area contributed by atoms with Gasteiger partial charge in [0.25, 0.3) is 0 Å². The van der Waals surface area contributed by atoms with Crippen LogP contribution in [0.2, 0.25) is 0 Å². The molecule has 1 saturated heterocycles. The first-order chi connectivity index (χ1) is 19.0. The molecule has 1 aliphatic heterocycles. The van der Waals surface area contributed by atoms with Gasteiger partial charge in [0.05, 0.1) is 18.7 Å². The molecule has 3 atom stereocenters. The van der Waals surface area contributed by atoms with Crippen molar-refractivity contribution in [1.82, 2.24) is 10.2 Å². The van der Waals surface area contributed by atoms with Crippen LogP contribution in [0.4, 0.5) is 13.2 Å². The molecule has 1 aliphatic carbocycles. The average Bonchev–Trinajstić information content (AvgIpc) is 3.51. The molecule has 1 heterocycles. The predicted octanol–water partition coefficient (Wildman–Crippen LogP) is 5.12. The van der Waals surface area contributed by atoms with Gasteiger partial charge in [0, 0.05) is 13.2 Å². The molecule has 4 rings (SSSR count). The predicted molar refractivity (Wildman–Crippen MR) is 145 cm³/mol. The van der Waals surface area contributed by atoms with Crippen LogP contribution in [0.5, 0.6) is 11.5 Å². The number of fused-ring (bicyclic) bond motifs is 1. The molecule has 0 radical (unpaired) electrons. The number of ether oxygens (including phenoxy) is 2. The highest BCUT2D eigenvalue weighted by Crippen LogP contribution is 2.59. The molecule has 11 heteroatoms. The van der Waals surface area contributed by atoms with E-state index in [2.05, 4.69) is 12.2 Å². The maximum absolute atomic E-state index is 12.4. The third-order valence-corrected chi connectivity index (χ3v) is 6.26. The van der Waals surface area contributed by atoms with Gasteiger partial charge in [0.1, 0.15) is 17.5 Å². The van der Waals surface area contributed by atoms with Crippen LogP contribution in [0.3, 0.4) is 0 Å². The summed E-state index contributed by atoms with van der Waals surface area (Å²) in [5, 5.41) is 9.34. The molecule has 2 amide bonds. The van der Waals surface area contributed by atoms with Crippen LogP contribution in [-0.2, 0) is 25.3 Å². The van der Waals surface area contributed by atoms with Gasteiger partial charge < -0.3 is 24.8 Å². The van der Waals surface area contributed by atoms with Gasteiger partial charge in [0.15, 0.2) is 0 Å². The lowest BCUT2D eigenvalue weighted by Crippen LogP contribution is -2.47. The van der Waals surface area contributed by atoms with Crippen LogP contribution in [0.25, 0.3) is 0 Å². The lowest BCUT2D eigenvalue weighted by molar-refractivity contribution is -0.153. The molecule has 0 spiro atoms. The van der Waals surface area contributed by atoms with E-state index in [9.17, 15) is 27.6 Å². The summed E-state index contributed by atoms with van der Waals surface area (Å²) in [6.07, 6.45) is -2.25. The van der Waals surface area contributed by atoms with E-state index in [1.807, 2.05) is 32.9 Å². The number of aliphatic hydroxyl groups excluding tert-OH is 1. The van der Waals surface area contributed by atoms with Crippen molar-refractivity contribution in [3.8, 4) is 11.5 Å². The molecule has 2 N–H and O–H groups in total. The van der Waals surface area contributed by atoms with E-state index in [4.69, 9.17) is 14.6 Å². The Labute approximate surface area is 233 Å².